The number of ether oxygens (including phenoxy) is 1. The Balaban J connectivity index is 5.67. The van der Waals surface area contributed by atoms with E-state index in [-0.39, 0.29) is 24.7 Å². The SMILES string of the molecule is CC(C)CC[C@H](NC(=O)OC(C)(C)C)C(=O)NC(CC(C)C)C(=O)NC(CC(F)F)C(=O)C(=O)O. The van der Waals surface area contributed by atoms with Crippen molar-refractivity contribution in [1.29, 1.82) is 0 Å². The Kier molecular flexibility index (Phi) is 13.4. The molecule has 3 amide bonds. The number of rotatable bonds is 14. The van der Waals surface area contributed by atoms with Crippen LogP contribution in [0.4, 0.5) is 13.6 Å². The summed E-state index contributed by atoms with van der Waals surface area (Å²) in [5, 5.41) is 15.9. The molecule has 0 saturated carbocycles. The van der Waals surface area contributed by atoms with Gasteiger partial charge in [-0.1, -0.05) is 27.7 Å². The Morgan fingerprint density at radius 2 is 1.29 bits per heavy atom. The molecule has 0 aliphatic rings. The Morgan fingerprint density at radius 3 is 1.71 bits per heavy atom. The summed E-state index contributed by atoms with van der Waals surface area (Å²) in [6.07, 6.45) is -4.17. The van der Waals surface area contributed by atoms with Gasteiger partial charge < -0.3 is 25.8 Å². The molecular formula is C23H39F2N3O7. The smallest absolute Gasteiger partial charge is 0.408 e. The molecule has 0 fully saturated rings. The molecule has 0 rings (SSSR count). The molecule has 12 heteroatoms. The molecule has 0 spiro atoms. The monoisotopic (exact) mass is 507 g/mol. The van der Waals surface area contributed by atoms with Crippen molar-refractivity contribution < 1.29 is 42.6 Å². The lowest BCUT2D eigenvalue weighted by Crippen LogP contribution is -2.57. The molecule has 35 heavy (non-hydrogen) atoms. The van der Waals surface area contributed by atoms with Gasteiger partial charge in [-0.05, 0) is 51.9 Å². The van der Waals surface area contributed by atoms with Crippen LogP contribution in [0.3, 0.4) is 0 Å². The number of alkyl carbamates (subject to hydrolysis) is 1. The molecule has 0 saturated heterocycles. The summed E-state index contributed by atoms with van der Waals surface area (Å²) in [6.45, 7) is 12.3. The minimum Gasteiger partial charge on any atom is -0.475 e. The minimum absolute atomic E-state index is 0.0730. The number of carboxylic acids is 1. The number of hydrogen-bond acceptors (Lipinski definition) is 6. The van der Waals surface area contributed by atoms with Crippen molar-refractivity contribution in [2.75, 3.05) is 0 Å². The number of carbonyl (C=O) groups is 5. The molecule has 4 N–H and O–H groups in total. The number of Topliss-reactive ketones (excluding diaryl/α,β-unsaturated/α-hetero) is 1. The van der Waals surface area contributed by atoms with E-state index in [4.69, 9.17) is 9.84 Å². The van der Waals surface area contributed by atoms with Gasteiger partial charge in [0.05, 0.1) is 0 Å². The van der Waals surface area contributed by atoms with Gasteiger partial charge in [0.2, 0.25) is 18.2 Å². The fraction of sp³-hybridized carbons (Fsp3) is 0.783. The van der Waals surface area contributed by atoms with Gasteiger partial charge in [-0.25, -0.2) is 18.4 Å². The summed E-state index contributed by atoms with van der Waals surface area (Å²) in [5.41, 5.74) is -0.806. The second-order valence-electron chi connectivity index (χ2n) is 10.2. The Morgan fingerprint density at radius 1 is 0.771 bits per heavy atom. The number of amides is 3. The second-order valence-corrected chi connectivity index (χ2v) is 10.2. The normalized spacial score (nSPS) is 14.3. The van der Waals surface area contributed by atoms with Crippen molar-refractivity contribution in [3.8, 4) is 0 Å². The fourth-order valence-corrected chi connectivity index (χ4v) is 3.02. The van der Waals surface area contributed by atoms with Crippen LogP contribution in [0.5, 0.6) is 0 Å². The number of carbonyl (C=O) groups excluding carboxylic acids is 4. The van der Waals surface area contributed by atoms with Crippen LogP contribution >= 0.6 is 0 Å². The molecule has 0 aromatic rings. The second kappa shape index (κ2) is 14.6. The largest absolute Gasteiger partial charge is 0.475 e. The first-order chi connectivity index (χ1) is 15.9. The van der Waals surface area contributed by atoms with Crippen LogP contribution in [-0.4, -0.2) is 64.9 Å². The molecular weight excluding hydrogens is 468 g/mol. The lowest BCUT2D eigenvalue weighted by Gasteiger charge is -2.27. The van der Waals surface area contributed by atoms with Gasteiger partial charge in [-0.2, -0.15) is 0 Å². The maximum atomic E-state index is 13.0. The predicted molar refractivity (Wildman–Crippen MR) is 124 cm³/mol. The summed E-state index contributed by atoms with van der Waals surface area (Å²) in [6, 6.07) is -4.26. The van der Waals surface area contributed by atoms with E-state index in [1.807, 2.05) is 19.2 Å². The van der Waals surface area contributed by atoms with Gasteiger partial charge in [-0.15, -0.1) is 0 Å². The van der Waals surface area contributed by atoms with Gasteiger partial charge in [0, 0.05) is 6.42 Å². The van der Waals surface area contributed by atoms with Crippen molar-refractivity contribution in [1.82, 2.24) is 16.0 Å². The van der Waals surface area contributed by atoms with E-state index in [1.165, 1.54) is 0 Å². The Hall–Kier alpha value is -2.79. The van der Waals surface area contributed by atoms with Crippen LogP contribution in [0, 0.1) is 11.8 Å². The summed E-state index contributed by atoms with van der Waals surface area (Å²) < 4.78 is 30.9. The highest BCUT2D eigenvalue weighted by Gasteiger charge is 2.33. The highest BCUT2D eigenvalue weighted by atomic mass is 19.3. The highest BCUT2D eigenvalue weighted by molar-refractivity contribution is 6.35. The van der Waals surface area contributed by atoms with Gasteiger partial charge in [0.1, 0.15) is 23.7 Å². The summed E-state index contributed by atoms with van der Waals surface area (Å²) in [7, 11) is 0. The molecule has 0 aromatic carbocycles. The van der Waals surface area contributed by atoms with Crippen molar-refractivity contribution in [3.05, 3.63) is 0 Å². The first-order valence-corrected chi connectivity index (χ1v) is 11.6. The lowest BCUT2D eigenvalue weighted by molar-refractivity contribution is -0.151. The molecule has 0 aromatic heterocycles. The molecule has 202 valence electrons. The molecule has 0 radical (unpaired) electrons. The molecule has 3 atom stereocenters. The van der Waals surface area contributed by atoms with Gasteiger partial charge >= 0.3 is 12.1 Å². The Labute approximate surface area is 204 Å². The quantitative estimate of drug-likeness (QED) is 0.264. The zero-order valence-electron chi connectivity index (χ0n) is 21.4. The number of carboxylic acid groups (broad SMARTS) is 1. The highest BCUT2D eigenvalue weighted by Crippen LogP contribution is 2.13. The maximum Gasteiger partial charge on any atom is 0.408 e. The van der Waals surface area contributed by atoms with E-state index < -0.39 is 66.2 Å². The van der Waals surface area contributed by atoms with E-state index in [0.29, 0.717) is 6.42 Å². The summed E-state index contributed by atoms with van der Waals surface area (Å²) in [5.74, 6) is -5.16. The number of halogens is 2. The van der Waals surface area contributed by atoms with Gasteiger partial charge in [-0.3, -0.25) is 14.4 Å². The van der Waals surface area contributed by atoms with E-state index >= 15 is 0 Å². The van der Waals surface area contributed by atoms with E-state index in [1.54, 1.807) is 34.6 Å². The van der Waals surface area contributed by atoms with Crippen LogP contribution in [0.1, 0.15) is 74.1 Å². The summed E-state index contributed by atoms with van der Waals surface area (Å²) >= 11 is 0. The van der Waals surface area contributed by atoms with Crippen LogP contribution in [-0.2, 0) is 23.9 Å². The maximum absolute atomic E-state index is 13.0. The first-order valence-electron chi connectivity index (χ1n) is 11.6. The van der Waals surface area contributed by atoms with Crippen LogP contribution in [0.25, 0.3) is 0 Å². The number of ketones is 1. The Bertz CT molecular complexity index is 752. The molecule has 2 unspecified atom stereocenters. The third-order valence-corrected chi connectivity index (χ3v) is 4.64. The molecule has 10 nitrogen and oxygen atoms in total. The van der Waals surface area contributed by atoms with Crippen molar-refractivity contribution in [3.63, 3.8) is 0 Å². The van der Waals surface area contributed by atoms with E-state index in [0.717, 1.165) is 0 Å². The molecule has 0 aliphatic carbocycles. The zero-order valence-corrected chi connectivity index (χ0v) is 21.4. The average molecular weight is 508 g/mol. The average Bonchev–Trinajstić information content (AvgIpc) is 2.66. The van der Waals surface area contributed by atoms with Crippen molar-refractivity contribution in [2.24, 2.45) is 11.8 Å². The van der Waals surface area contributed by atoms with Gasteiger partial charge in [0.15, 0.2) is 0 Å². The van der Waals surface area contributed by atoms with Crippen LogP contribution < -0.4 is 16.0 Å². The minimum atomic E-state index is -3.04. The van der Waals surface area contributed by atoms with Crippen molar-refractivity contribution in [2.45, 2.75) is 104 Å². The third kappa shape index (κ3) is 14.3. The number of nitrogens with one attached hydrogen (secondary N) is 3. The topological polar surface area (TPSA) is 151 Å². The first kappa shape index (κ1) is 32.2. The summed E-state index contributed by atoms with van der Waals surface area (Å²) in [4.78, 5) is 60.8. The van der Waals surface area contributed by atoms with Crippen LogP contribution in [0.15, 0.2) is 0 Å². The molecule has 0 bridgehead atoms. The zero-order chi connectivity index (χ0) is 27.5. The van der Waals surface area contributed by atoms with E-state index in [2.05, 4.69) is 10.6 Å². The number of alkyl halides is 2. The fourth-order valence-electron chi connectivity index (χ4n) is 3.02. The molecule has 0 aliphatic heterocycles. The van der Waals surface area contributed by atoms with E-state index in [9.17, 15) is 32.8 Å². The number of hydrogen-bond donors (Lipinski definition) is 4. The number of aliphatic carboxylic acids is 1. The van der Waals surface area contributed by atoms with Crippen LogP contribution in [0.2, 0.25) is 0 Å². The molecule has 0 heterocycles. The third-order valence-electron chi connectivity index (χ3n) is 4.64. The van der Waals surface area contributed by atoms with Crippen molar-refractivity contribution >= 4 is 29.7 Å². The lowest BCUT2D eigenvalue weighted by atomic mass is 9.99. The standard InChI is InChI=1S/C23H39F2N3O7/c1-12(2)8-9-14(28-22(34)35-23(5,6)7)19(30)27-16(10-13(3)4)20(31)26-15(11-17(24)25)18(29)21(32)33/h12-17H,8-11H2,1-7H3,(H,26,31)(H,27,30)(H,28,34)(H,32,33)/t14-,15?,16?/m0/s1. The van der Waals surface area contributed by atoms with Gasteiger partial charge in [0.25, 0.3) is 5.78 Å². The predicted octanol–water partition coefficient (Wildman–Crippen LogP) is 2.64.